The van der Waals surface area contributed by atoms with Gasteiger partial charge in [0.1, 0.15) is 11.9 Å². The minimum Gasteiger partial charge on any atom is -0.497 e. The third-order valence-corrected chi connectivity index (χ3v) is 5.89. The molecule has 24 heavy (non-hydrogen) atoms. The lowest BCUT2D eigenvalue weighted by Gasteiger charge is -2.42. The fraction of sp³-hybridized carbons (Fsp3) is 0.632. The lowest BCUT2D eigenvalue weighted by molar-refractivity contribution is -0.154. The summed E-state index contributed by atoms with van der Waals surface area (Å²) in [5, 5.41) is 0. The Morgan fingerprint density at radius 1 is 1.12 bits per heavy atom. The van der Waals surface area contributed by atoms with Gasteiger partial charge in [0.2, 0.25) is 0 Å². The molecule has 2 heterocycles. The zero-order valence-electron chi connectivity index (χ0n) is 14.3. The number of piperidine rings is 1. The summed E-state index contributed by atoms with van der Waals surface area (Å²) in [4.78, 5) is 15.2. The Labute approximate surface area is 149 Å². The molecule has 1 aromatic rings. The molecule has 3 aliphatic rings. The molecule has 132 valence electrons. The third kappa shape index (κ3) is 3.14. The van der Waals surface area contributed by atoms with Crippen LogP contribution in [0.2, 0.25) is 0 Å². The molecule has 4 rings (SSSR count). The number of rotatable bonds is 4. The highest BCUT2D eigenvalue weighted by molar-refractivity contribution is 5.85. The van der Waals surface area contributed by atoms with Crippen molar-refractivity contribution < 1.29 is 14.3 Å². The highest BCUT2D eigenvalue weighted by Gasteiger charge is 2.50. The van der Waals surface area contributed by atoms with Gasteiger partial charge in [0.25, 0.3) is 0 Å². The average molecular weight is 352 g/mol. The summed E-state index contributed by atoms with van der Waals surface area (Å²) >= 11 is 0. The van der Waals surface area contributed by atoms with E-state index in [2.05, 4.69) is 24.1 Å². The van der Waals surface area contributed by atoms with Crippen molar-refractivity contribution in [1.82, 2.24) is 4.90 Å². The van der Waals surface area contributed by atoms with Crippen LogP contribution in [0.1, 0.15) is 43.6 Å². The summed E-state index contributed by atoms with van der Waals surface area (Å²) in [6.45, 7) is 0. The molecule has 2 aliphatic heterocycles. The van der Waals surface area contributed by atoms with Crippen LogP contribution in [0.15, 0.2) is 24.3 Å². The van der Waals surface area contributed by atoms with E-state index in [4.69, 9.17) is 9.47 Å². The van der Waals surface area contributed by atoms with E-state index in [-0.39, 0.29) is 36.3 Å². The average Bonchev–Trinajstić information content (AvgIpc) is 3.34. The van der Waals surface area contributed by atoms with Crippen molar-refractivity contribution in [3.8, 4) is 5.75 Å². The number of halogens is 1. The zero-order valence-corrected chi connectivity index (χ0v) is 15.1. The summed E-state index contributed by atoms with van der Waals surface area (Å²) in [6, 6.07) is 9.15. The van der Waals surface area contributed by atoms with E-state index in [1.54, 1.807) is 7.11 Å². The van der Waals surface area contributed by atoms with Gasteiger partial charge in [-0.1, -0.05) is 12.1 Å². The molecule has 0 spiro atoms. The van der Waals surface area contributed by atoms with Crippen molar-refractivity contribution in [2.45, 2.75) is 56.2 Å². The quantitative estimate of drug-likeness (QED) is 0.779. The number of hydrogen-bond acceptors (Lipinski definition) is 4. The first-order chi connectivity index (χ1) is 11.2. The van der Waals surface area contributed by atoms with Crippen LogP contribution in [0.4, 0.5) is 0 Å². The van der Waals surface area contributed by atoms with E-state index in [0.717, 1.165) is 31.4 Å². The fourth-order valence-electron chi connectivity index (χ4n) is 4.41. The van der Waals surface area contributed by atoms with Crippen LogP contribution >= 0.6 is 12.4 Å². The molecule has 2 bridgehead atoms. The highest BCUT2D eigenvalue weighted by atomic mass is 35.5. The standard InChI is InChI=1S/C19H25NO3.ClH/c1-20-13-5-10-17(20)18(19(21)23-15-8-9-15)16(11-13)12-3-6-14(22-2)7-4-12;/h3-4,6-7,13,15-18H,5,8-11H2,1-2H3;1H/t13-,16+,17+,18-;/m0./s1. The van der Waals surface area contributed by atoms with Crippen LogP contribution in [0.5, 0.6) is 5.75 Å². The van der Waals surface area contributed by atoms with Crippen LogP contribution in [-0.2, 0) is 9.53 Å². The Bertz CT molecular complexity index is 587. The monoisotopic (exact) mass is 351 g/mol. The normalized spacial score (nSPS) is 32.1. The van der Waals surface area contributed by atoms with E-state index in [9.17, 15) is 4.79 Å². The smallest absolute Gasteiger partial charge is 0.311 e. The second-order valence-corrected chi connectivity index (χ2v) is 7.24. The van der Waals surface area contributed by atoms with Gasteiger partial charge >= 0.3 is 5.97 Å². The number of fused-ring (bicyclic) bond motifs is 2. The molecule has 4 nitrogen and oxygen atoms in total. The van der Waals surface area contributed by atoms with E-state index < -0.39 is 0 Å². The predicted molar refractivity (Wildman–Crippen MR) is 94.8 cm³/mol. The maximum Gasteiger partial charge on any atom is 0.311 e. The second-order valence-electron chi connectivity index (χ2n) is 7.24. The van der Waals surface area contributed by atoms with Gasteiger partial charge in [-0.15, -0.1) is 12.4 Å². The molecule has 4 atom stereocenters. The maximum absolute atomic E-state index is 12.8. The first-order valence-corrected chi connectivity index (χ1v) is 8.73. The van der Waals surface area contributed by atoms with Crippen molar-refractivity contribution in [2.24, 2.45) is 5.92 Å². The number of carbonyl (C=O) groups is 1. The predicted octanol–water partition coefficient (Wildman–Crippen LogP) is 3.39. The van der Waals surface area contributed by atoms with Gasteiger partial charge in [-0.05, 0) is 56.8 Å². The lowest BCUT2D eigenvalue weighted by atomic mass is 9.76. The summed E-state index contributed by atoms with van der Waals surface area (Å²) in [5.41, 5.74) is 1.24. The number of nitrogens with zero attached hydrogens (tertiary/aromatic N) is 1. The van der Waals surface area contributed by atoms with Crippen LogP contribution in [-0.4, -0.2) is 43.2 Å². The van der Waals surface area contributed by atoms with Crippen molar-refractivity contribution in [3.05, 3.63) is 29.8 Å². The molecule has 1 aromatic carbocycles. The summed E-state index contributed by atoms with van der Waals surface area (Å²) in [5.74, 6) is 1.11. The van der Waals surface area contributed by atoms with Gasteiger partial charge in [0.15, 0.2) is 0 Å². The van der Waals surface area contributed by atoms with Crippen LogP contribution in [0.3, 0.4) is 0 Å². The number of esters is 1. The maximum atomic E-state index is 12.8. The number of carbonyl (C=O) groups excluding carboxylic acids is 1. The minimum atomic E-state index is -0.0345. The van der Waals surface area contributed by atoms with Gasteiger partial charge in [0, 0.05) is 18.0 Å². The van der Waals surface area contributed by atoms with Gasteiger partial charge in [-0.3, -0.25) is 9.69 Å². The molecular weight excluding hydrogens is 326 g/mol. The summed E-state index contributed by atoms with van der Waals surface area (Å²) in [6.07, 6.45) is 5.61. The molecule has 5 heteroatoms. The number of methoxy groups -OCH3 is 1. The van der Waals surface area contributed by atoms with E-state index in [0.29, 0.717) is 12.1 Å². The minimum absolute atomic E-state index is 0. The Balaban J connectivity index is 0.00000169. The molecule has 1 saturated carbocycles. The number of hydrogen-bond donors (Lipinski definition) is 0. The largest absolute Gasteiger partial charge is 0.497 e. The Hall–Kier alpha value is -1.26. The molecular formula is C19H26ClNO3. The second kappa shape index (κ2) is 6.93. The Kier molecular flexibility index (Phi) is 5.07. The van der Waals surface area contributed by atoms with E-state index in [1.165, 1.54) is 12.0 Å². The van der Waals surface area contributed by atoms with Gasteiger partial charge in [-0.25, -0.2) is 0 Å². The van der Waals surface area contributed by atoms with Crippen molar-refractivity contribution >= 4 is 18.4 Å². The number of benzene rings is 1. The van der Waals surface area contributed by atoms with E-state index >= 15 is 0 Å². The van der Waals surface area contributed by atoms with Crippen molar-refractivity contribution in [3.63, 3.8) is 0 Å². The SMILES string of the molecule is COc1ccc([C@H]2C[C@@H]3CC[C@H]([C@H]2C(=O)OC2CC2)N3C)cc1.Cl. The first kappa shape index (κ1) is 17.6. The lowest BCUT2D eigenvalue weighted by Crippen LogP contribution is -2.49. The number of ether oxygens (including phenoxy) is 2. The molecule has 0 unspecified atom stereocenters. The van der Waals surface area contributed by atoms with Gasteiger partial charge in [-0.2, -0.15) is 0 Å². The van der Waals surface area contributed by atoms with Crippen LogP contribution in [0.25, 0.3) is 0 Å². The fourth-order valence-corrected chi connectivity index (χ4v) is 4.41. The Morgan fingerprint density at radius 2 is 1.83 bits per heavy atom. The molecule has 2 saturated heterocycles. The summed E-state index contributed by atoms with van der Waals surface area (Å²) in [7, 11) is 3.85. The first-order valence-electron chi connectivity index (χ1n) is 8.73. The molecule has 0 amide bonds. The third-order valence-electron chi connectivity index (χ3n) is 5.89. The Morgan fingerprint density at radius 3 is 2.46 bits per heavy atom. The van der Waals surface area contributed by atoms with E-state index in [1.807, 2.05) is 12.1 Å². The van der Waals surface area contributed by atoms with Crippen LogP contribution in [0, 0.1) is 5.92 Å². The zero-order chi connectivity index (χ0) is 16.0. The highest BCUT2D eigenvalue weighted by Crippen LogP contribution is 2.47. The summed E-state index contributed by atoms with van der Waals surface area (Å²) < 4.78 is 11.0. The molecule has 3 fully saturated rings. The topological polar surface area (TPSA) is 38.8 Å². The molecule has 0 aromatic heterocycles. The van der Waals surface area contributed by atoms with Crippen LogP contribution < -0.4 is 4.74 Å². The van der Waals surface area contributed by atoms with Gasteiger partial charge in [0.05, 0.1) is 13.0 Å². The molecule has 1 aliphatic carbocycles. The van der Waals surface area contributed by atoms with Crippen molar-refractivity contribution in [1.29, 1.82) is 0 Å². The van der Waals surface area contributed by atoms with Crippen molar-refractivity contribution in [2.75, 3.05) is 14.2 Å². The molecule has 0 radical (unpaired) electrons. The molecule has 0 N–H and O–H groups in total. The van der Waals surface area contributed by atoms with Gasteiger partial charge < -0.3 is 9.47 Å².